The van der Waals surface area contributed by atoms with E-state index in [1.54, 1.807) is 13.1 Å². The van der Waals surface area contributed by atoms with E-state index in [4.69, 9.17) is 19.9 Å². The Hall–Kier alpha value is -5.78. The van der Waals surface area contributed by atoms with Gasteiger partial charge in [0.15, 0.2) is 0 Å². The third-order valence-electron chi connectivity index (χ3n) is 8.10. The number of imidazole rings is 1. The zero-order valence-electron chi connectivity index (χ0n) is 28.6. The number of alkyl carbamates (subject to hydrolysis) is 1. The molecule has 0 saturated carbocycles. The zero-order chi connectivity index (χ0) is 35.9. The first-order chi connectivity index (χ1) is 24.8. The summed E-state index contributed by atoms with van der Waals surface area (Å²) in [7, 11) is 0. The normalized spacial score (nSPS) is 12.7. The molecule has 1 heterocycles. The monoisotopic (exact) mass is 689 g/mol. The SMILES string of the molecule is C[C@](N)(Cc1ccc(OCc2ccccc2)cc1)C(=O)N(CCOCc1ccccc1)C(=O)[C@@H](Cc1cnc[nH]1)NC(=O)OCc1ccccc1. The summed E-state index contributed by atoms with van der Waals surface area (Å²) in [6.07, 6.45) is 2.37. The Labute approximate surface area is 297 Å². The number of nitrogens with two attached hydrogens (primary N) is 1. The van der Waals surface area contributed by atoms with Gasteiger partial charge in [0.1, 0.15) is 25.0 Å². The molecule has 0 aliphatic carbocycles. The molecule has 0 fully saturated rings. The minimum atomic E-state index is -1.49. The minimum absolute atomic E-state index is 0.00453. The molecule has 0 aliphatic rings. The van der Waals surface area contributed by atoms with Gasteiger partial charge in [-0.25, -0.2) is 9.78 Å². The lowest BCUT2D eigenvalue weighted by Crippen LogP contribution is -2.60. The van der Waals surface area contributed by atoms with Gasteiger partial charge in [0, 0.05) is 18.3 Å². The van der Waals surface area contributed by atoms with E-state index >= 15 is 0 Å². The number of hydrogen-bond acceptors (Lipinski definition) is 8. The largest absolute Gasteiger partial charge is 0.489 e. The lowest BCUT2D eigenvalue weighted by Gasteiger charge is -2.33. The first kappa shape index (κ1) is 36.5. The van der Waals surface area contributed by atoms with E-state index in [0.717, 1.165) is 27.2 Å². The summed E-state index contributed by atoms with van der Waals surface area (Å²) >= 11 is 0. The predicted molar refractivity (Wildman–Crippen MR) is 192 cm³/mol. The van der Waals surface area contributed by atoms with Gasteiger partial charge in [-0.15, -0.1) is 0 Å². The number of carbonyl (C=O) groups excluding carboxylic acids is 3. The van der Waals surface area contributed by atoms with Gasteiger partial charge in [-0.1, -0.05) is 103 Å². The van der Waals surface area contributed by atoms with Gasteiger partial charge in [0.2, 0.25) is 5.91 Å². The molecule has 4 N–H and O–H groups in total. The summed E-state index contributed by atoms with van der Waals surface area (Å²) < 4.78 is 17.2. The summed E-state index contributed by atoms with van der Waals surface area (Å²) in [4.78, 5) is 49.6. The Morgan fingerprint density at radius 3 is 1.98 bits per heavy atom. The Kier molecular flexibility index (Phi) is 13.1. The minimum Gasteiger partial charge on any atom is -0.489 e. The van der Waals surface area contributed by atoms with Crippen LogP contribution in [0.15, 0.2) is 128 Å². The molecule has 5 aromatic rings. The fraction of sp³-hybridized carbons (Fsp3) is 0.250. The fourth-order valence-corrected chi connectivity index (χ4v) is 5.40. The van der Waals surface area contributed by atoms with Crippen LogP contribution in [-0.2, 0) is 51.7 Å². The van der Waals surface area contributed by atoms with Crippen LogP contribution in [-0.4, -0.2) is 57.5 Å². The van der Waals surface area contributed by atoms with Gasteiger partial charge in [0.25, 0.3) is 5.91 Å². The number of aromatic nitrogens is 2. The second-order valence-electron chi connectivity index (χ2n) is 12.4. The van der Waals surface area contributed by atoms with Gasteiger partial charge in [0.05, 0.1) is 31.6 Å². The van der Waals surface area contributed by atoms with Crippen molar-refractivity contribution >= 4 is 17.9 Å². The summed E-state index contributed by atoms with van der Waals surface area (Å²) in [5, 5.41) is 2.66. The average Bonchev–Trinajstić information content (AvgIpc) is 3.67. The van der Waals surface area contributed by atoms with E-state index < -0.39 is 29.5 Å². The van der Waals surface area contributed by atoms with Crippen LogP contribution in [0.2, 0.25) is 0 Å². The number of hydrogen-bond donors (Lipinski definition) is 3. The topological polar surface area (TPSA) is 149 Å². The highest BCUT2D eigenvalue weighted by Crippen LogP contribution is 2.20. The van der Waals surface area contributed by atoms with Crippen LogP contribution in [0, 0.1) is 0 Å². The standard InChI is InChI=1S/C40H43N5O6/c1-40(41,24-30-17-19-35(20-18-30)50-27-32-13-7-3-8-14-32)38(47)45(21-22-49-26-31-11-5-2-6-12-31)37(46)36(23-34-25-42-29-43-34)44-39(48)51-28-33-15-9-4-10-16-33/h2-20,25,29,36H,21-24,26-28,41H2,1H3,(H,42,43)(H,44,48)/t36-,40+/m1/s1. The van der Waals surface area contributed by atoms with Gasteiger partial charge in [-0.2, -0.15) is 0 Å². The molecule has 0 spiro atoms. The molecular formula is C40H43N5O6. The number of amides is 3. The molecule has 51 heavy (non-hydrogen) atoms. The smallest absolute Gasteiger partial charge is 0.408 e. The molecule has 11 heteroatoms. The van der Waals surface area contributed by atoms with Crippen LogP contribution in [0.1, 0.15) is 34.9 Å². The molecule has 11 nitrogen and oxygen atoms in total. The fourth-order valence-electron chi connectivity index (χ4n) is 5.40. The number of H-pyrrole nitrogens is 1. The van der Waals surface area contributed by atoms with Crippen molar-refractivity contribution in [1.82, 2.24) is 20.2 Å². The Morgan fingerprint density at radius 2 is 1.39 bits per heavy atom. The number of rotatable bonds is 17. The quantitative estimate of drug-likeness (QED) is 0.111. The van der Waals surface area contributed by atoms with Crippen LogP contribution in [0.4, 0.5) is 4.79 Å². The van der Waals surface area contributed by atoms with E-state index in [-0.39, 0.29) is 39.2 Å². The molecule has 4 aromatic carbocycles. The van der Waals surface area contributed by atoms with Crippen LogP contribution < -0.4 is 15.8 Å². The number of nitrogens with zero attached hydrogens (tertiary/aromatic N) is 2. The maximum absolute atomic E-state index is 14.3. The zero-order valence-corrected chi connectivity index (χ0v) is 28.6. The maximum atomic E-state index is 14.3. The molecule has 3 amide bonds. The lowest BCUT2D eigenvalue weighted by atomic mass is 9.92. The van der Waals surface area contributed by atoms with Gasteiger partial charge in [-0.05, 0) is 47.7 Å². The second kappa shape index (κ2) is 18.3. The van der Waals surface area contributed by atoms with Crippen molar-refractivity contribution in [3.63, 3.8) is 0 Å². The Morgan fingerprint density at radius 1 is 0.804 bits per heavy atom. The molecule has 0 bridgehead atoms. The molecule has 0 aliphatic heterocycles. The van der Waals surface area contributed by atoms with E-state index in [0.29, 0.717) is 18.1 Å². The maximum Gasteiger partial charge on any atom is 0.408 e. The first-order valence-electron chi connectivity index (χ1n) is 16.7. The van der Waals surface area contributed by atoms with Crippen molar-refractivity contribution in [2.24, 2.45) is 5.73 Å². The predicted octanol–water partition coefficient (Wildman–Crippen LogP) is 5.36. The molecule has 264 valence electrons. The number of nitrogens with one attached hydrogen (secondary N) is 2. The summed E-state index contributed by atoms with van der Waals surface area (Å²) in [6, 6.07) is 34.8. The van der Waals surface area contributed by atoms with Crippen LogP contribution in [0.25, 0.3) is 0 Å². The van der Waals surface area contributed by atoms with E-state index in [9.17, 15) is 14.4 Å². The Bertz CT molecular complexity index is 1800. The number of imide groups is 1. The number of benzene rings is 4. The van der Waals surface area contributed by atoms with Crippen LogP contribution >= 0.6 is 0 Å². The van der Waals surface area contributed by atoms with Crippen molar-refractivity contribution in [1.29, 1.82) is 0 Å². The number of aromatic amines is 1. The highest BCUT2D eigenvalue weighted by atomic mass is 16.5. The molecular weight excluding hydrogens is 646 g/mol. The summed E-state index contributed by atoms with van der Waals surface area (Å²) in [6.45, 7) is 2.26. The highest BCUT2D eigenvalue weighted by molar-refractivity contribution is 6.02. The average molecular weight is 690 g/mol. The molecule has 0 saturated heterocycles. The van der Waals surface area contributed by atoms with Crippen molar-refractivity contribution < 1.29 is 28.6 Å². The number of carbonyl (C=O) groups is 3. The summed E-state index contributed by atoms with van der Waals surface area (Å²) in [5.41, 5.74) is 9.35. The number of ether oxygens (including phenoxy) is 3. The van der Waals surface area contributed by atoms with Crippen molar-refractivity contribution in [2.45, 2.75) is 51.2 Å². The molecule has 2 atom stereocenters. The van der Waals surface area contributed by atoms with Crippen LogP contribution in [0.5, 0.6) is 5.75 Å². The second-order valence-corrected chi connectivity index (χ2v) is 12.4. The molecule has 5 rings (SSSR count). The van der Waals surface area contributed by atoms with Crippen molar-refractivity contribution in [3.05, 3.63) is 156 Å². The van der Waals surface area contributed by atoms with Gasteiger partial charge < -0.3 is 30.2 Å². The van der Waals surface area contributed by atoms with E-state index in [1.807, 2.05) is 115 Å². The third kappa shape index (κ3) is 11.4. The molecule has 1 aromatic heterocycles. The van der Waals surface area contributed by atoms with E-state index in [2.05, 4.69) is 15.3 Å². The van der Waals surface area contributed by atoms with Crippen molar-refractivity contribution in [2.75, 3.05) is 13.2 Å². The van der Waals surface area contributed by atoms with E-state index in [1.165, 1.54) is 6.33 Å². The highest BCUT2D eigenvalue weighted by Gasteiger charge is 2.39. The summed E-state index contributed by atoms with van der Waals surface area (Å²) in [5.74, 6) is -0.600. The van der Waals surface area contributed by atoms with Crippen LogP contribution in [0.3, 0.4) is 0 Å². The lowest BCUT2D eigenvalue weighted by molar-refractivity contribution is -0.150. The Balaban J connectivity index is 1.30. The third-order valence-corrected chi connectivity index (χ3v) is 8.10. The molecule has 0 unspecified atom stereocenters. The first-order valence-corrected chi connectivity index (χ1v) is 16.7. The van der Waals surface area contributed by atoms with Gasteiger partial charge >= 0.3 is 6.09 Å². The molecule has 0 radical (unpaired) electrons. The van der Waals surface area contributed by atoms with Gasteiger partial charge in [-0.3, -0.25) is 14.5 Å². The van der Waals surface area contributed by atoms with Crippen molar-refractivity contribution in [3.8, 4) is 5.75 Å².